The molecule has 18 heavy (non-hydrogen) atoms. The van der Waals surface area contributed by atoms with Crippen LogP contribution in [-0.4, -0.2) is 18.4 Å². The van der Waals surface area contributed by atoms with Crippen molar-refractivity contribution in [1.82, 2.24) is 9.97 Å². The number of nitrogens with one attached hydrogen (secondary N) is 2. The fourth-order valence-electron chi connectivity index (χ4n) is 1.28. The number of aryl methyl sites for hydroxylation is 1. The second-order valence-electron chi connectivity index (χ2n) is 3.37. The highest BCUT2D eigenvalue weighted by Crippen LogP contribution is 2.24. The Morgan fingerprint density at radius 1 is 1.50 bits per heavy atom. The van der Waals surface area contributed by atoms with Gasteiger partial charge in [-0.25, -0.2) is 13.4 Å². The van der Waals surface area contributed by atoms with Crippen LogP contribution in [0.2, 0.25) is 0 Å². The standard InChI is InChI=1S/C9H8BrN3O3S2/c1-5-8(17-9(14)12-5)18(15,16)13-7-6(10)3-2-4-11-7/h2-4H,1H3,(H,11,13)(H,12,14). The van der Waals surface area contributed by atoms with E-state index in [9.17, 15) is 13.2 Å². The smallest absolute Gasteiger partial charge is 0.306 e. The van der Waals surface area contributed by atoms with Crippen molar-refractivity contribution in [3.8, 4) is 0 Å². The van der Waals surface area contributed by atoms with Crippen molar-refractivity contribution in [3.63, 3.8) is 0 Å². The monoisotopic (exact) mass is 349 g/mol. The summed E-state index contributed by atoms with van der Waals surface area (Å²) in [5, 5.41) is 0. The van der Waals surface area contributed by atoms with E-state index >= 15 is 0 Å². The second kappa shape index (κ2) is 4.82. The van der Waals surface area contributed by atoms with Crippen molar-refractivity contribution >= 4 is 43.1 Å². The lowest BCUT2D eigenvalue weighted by Crippen LogP contribution is -2.14. The molecule has 2 aromatic heterocycles. The van der Waals surface area contributed by atoms with Gasteiger partial charge in [0.15, 0.2) is 10.0 Å². The predicted molar refractivity (Wildman–Crippen MR) is 72.4 cm³/mol. The molecule has 9 heteroatoms. The molecule has 0 amide bonds. The third kappa shape index (κ3) is 2.62. The summed E-state index contributed by atoms with van der Waals surface area (Å²) < 4.78 is 26.9. The van der Waals surface area contributed by atoms with Crippen LogP contribution in [0.5, 0.6) is 0 Å². The van der Waals surface area contributed by atoms with Crippen molar-refractivity contribution in [2.24, 2.45) is 0 Å². The van der Waals surface area contributed by atoms with Crippen LogP contribution in [0.4, 0.5) is 5.82 Å². The van der Waals surface area contributed by atoms with Gasteiger partial charge in [-0.2, -0.15) is 0 Å². The minimum atomic E-state index is -3.80. The highest BCUT2D eigenvalue weighted by molar-refractivity contribution is 9.10. The summed E-state index contributed by atoms with van der Waals surface area (Å²) in [7, 11) is -3.80. The lowest BCUT2D eigenvalue weighted by Gasteiger charge is -2.07. The van der Waals surface area contributed by atoms with E-state index < -0.39 is 14.9 Å². The molecule has 0 aliphatic heterocycles. The molecule has 0 saturated carbocycles. The molecule has 0 aliphatic carbocycles. The fraction of sp³-hybridized carbons (Fsp3) is 0.111. The summed E-state index contributed by atoms with van der Waals surface area (Å²) in [4.78, 5) is 17.0. The van der Waals surface area contributed by atoms with Crippen LogP contribution in [0.25, 0.3) is 0 Å². The molecule has 0 bridgehead atoms. The summed E-state index contributed by atoms with van der Waals surface area (Å²) in [6.07, 6.45) is 1.47. The van der Waals surface area contributed by atoms with Gasteiger partial charge in [-0.15, -0.1) is 0 Å². The molecular formula is C9H8BrN3O3S2. The molecule has 96 valence electrons. The zero-order valence-corrected chi connectivity index (χ0v) is 12.3. The first-order chi connectivity index (χ1) is 8.40. The van der Waals surface area contributed by atoms with E-state index in [0.29, 0.717) is 21.5 Å². The molecule has 2 heterocycles. The molecule has 0 radical (unpaired) electrons. The van der Waals surface area contributed by atoms with Gasteiger partial charge in [-0.1, -0.05) is 11.3 Å². The van der Waals surface area contributed by atoms with E-state index in [1.165, 1.54) is 13.1 Å². The summed E-state index contributed by atoms with van der Waals surface area (Å²) in [6.45, 7) is 1.53. The Balaban J connectivity index is 2.43. The molecule has 0 spiro atoms. The Hall–Kier alpha value is -1.19. The number of hydrogen-bond acceptors (Lipinski definition) is 5. The Bertz CT molecular complexity index is 736. The number of aromatic amines is 1. The Kier molecular flexibility index (Phi) is 3.55. The third-order valence-corrected chi connectivity index (χ3v) is 5.60. The number of H-pyrrole nitrogens is 1. The SMILES string of the molecule is Cc1[nH]c(=O)sc1S(=O)(=O)Nc1ncccc1Br. The maximum atomic E-state index is 12.1. The number of nitrogens with zero attached hydrogens (tertiary/aromatic N) is 1. The predicted octanol–water partition coefficient (Wildman–Crippen LogP) is 1.70. The number of hydrogen-bond donors (Lipinski definition) is 2. The van der Waals surface area contributed by atoms with E-state index in [4.69, 9.17) is 0 Å². The molecule has 2 aromatic rings. The maximum Gasteiger partial charge on any atom is 0.306 e. The van der Waals surface area contributed by atoms with Gasteiger partial charge >= 0.3 is 4.87 Å². The summed E-state index contributed by atoms with van der Waals surface area (Å²) in [6, 6.07) is 3.33. The molecule has 0 fully saturated rings. The number of sulfonamides is 1. The Morgan fingerprint density at radius 3 is 2.78 bits per heavy atom. The number of aromatic nitrogens is 2. The van der Waals surface area contributed by atoms with Crippen LogP contribution in [0.1, 0.15) is 5.69 Å². The van der Waals surface area contributed by atoms with Gasteiger partial charge in [-0.05, 0) is 35.0 Å². The quantitative estimate of drug-likeness (QED) is 0.881. The van der Waals surface area contributed by atoms with Crippen LogP contribution in [0.3, 0.4) is 0 Å². The molecule has 0 aliphatic rings. The van der Waals surface area contributed by atoms with Crippen LogP contribution in [0.15, 0.2) is 31.8 Å². The number of pyridine rings is 1. The van der Waals surface area contributed by atoms with Crippen molar-refractivity contribution in [1.29, 1.82) is 0 Å². The number of rotatable bonds is 3. The van der Waals surface area contributed by atoms with Crippen molar-refractivity contribution in [2.45, 2.75) is 11.1 Å². The van der Waals surface area contributed by atoms with E-state index in [0.717, 1.165) is 0 Å². The van der Waals surface area contributed by atoms with Crippen LogP contribution in [0, 0.1) is 6.92 Å². The topological polar surface area (TPSA) is 91.9 Å². The van der Waals surface area contributed by atoms with Crippen molar-refractivity contribution < 1.29 is 8.42 Å². The fourth-order valence-corrected chi connectivity index (χ4v) is 4.10. The molecule has 0 atom stereocenters. The van der Waals surface area contributed by atoms with E-state index in [-0.39, 0.29) is 10.0 Å². The van der Waals surface area contributed by atoms with Gasteiger partial charge in [0, 0.05) is 11.9 Å². The highest BCUT2D eigenvalue weighted by Gasteiger charge is 2.21. The van der Waals surface area contributed by atoms with Gasteiger partial charge in [0.25, 0.3) is 10.0 Å². The first kappa shape index (κ1) is 13.2. The molecular weight excluding hydrogens is 342 g/mol. The highest BCUT2D eigenvalue weighted by atomic mass is 79.9. The van der Waals surface area contributed by atoms with E-state index in [1.807, 2.05) is 0 Å². The van der Waals surface area contributed by atoms with Crippen LogP contribution in [-0.2, 0) is 10.0 Å². The minimum absolute atomic E-state index is 0.0370. The van der Waals surface area contributed by atoms with E-state index in [2.05, 4.69) is 30.6 Å². The molecule has 0 aromatic carbocycles. The molecule has 2 N–H and O–H groups in total. The lowest BCUT2D eigenvalue weighted by atomic mass is 10.5. The largest absolute Gasteiger partial charge is 0.315 e. The normalized spacial score (nSPS) is 11.4. The van der Waals surface area contributed by atoms with Gasteiger partial charge in [0.05, 0.1) is 4.47 Å². The Morgan fingerprint density at radius 2 is 2.22 bits per heavy atom. The zero-order valence-electron chi connectivity index (χ0n) is 9.10. The van der Waals surface area contributed by atoms with Crippen LogP contribution < -0.4 is 9.60 Å². The first-order valence-corrected chi connectivity index (χ1v) is 7.82. The van der Waals surface area contributed by atoms with Crippen molar-refractivity contribution in [2.75, 3.05) is 4.72 Å². The average molecular weight is 350 g/mol. The van der Waals surface area contributed by atoms with Gasteiger partial charge in [-0.3, -0.25) is 9.52 Å². The van der Waals surface area contributed by atoms with Crippen LogP contribution >= 0.6 is 27.3 Å². The first-order valence-electron chi connectivity index (χ1n) is 4.73. The Labute approximate surface area is 115 Å². The van der Waals surface area contributed by atoms with E-state index in [1.54, 1.807) is 12.1 Å². The maximum absolute atomic E-state index is 12.1. The van der Waals surface area contributed by atoms with Crippen molar-refractivity contribution in [3.05, 3.63) is 38.2 Å². The van der Waals surface area contributed by atoms with Gasteiger partial charge < -0.3 is 4.98 Å². The molecule has 2 rings (SSSR count). The molecule has 0 unspecified atom stereocenters. The number of thiazole rings is 1. The van der Waals surface area contributed by atoms with Gasteiger partial charge in [0.2, 0.25) is 0 Å². The zero-order chi connectivity index (χ0) is 13.3. The summed E-state index contributed by atoms with van der Waals surface area (Å²) in [5.74, 6) is 0.178. The minimum Gasteiger partial charge on any atom is -0.315 e. The molecule has 0 saturated heterocycles. The third-order valence-electron chi connectivity index (χ3n) is 2.01. The molecule has 6 nitrogen and oxygen atoms in total. The lowest BCUT2D eigenvalue weighted by molar-refractivity contribution is 0.602. The van der Waals surface area contributed by atoms with Gasteiger partial charge in [0.1, 0.15) is 0 Å². The summed E-state index contributed by atoms with van der Waals surface area (Å²) >= 11 is 3.83. The average Bonchev–Trinajstić information content (AvgIpc) is 2.62. The number of halogens is 1. The second-order valence-corrected chi connectivity index (χ2v) is 7.08. The summed E-state index contributed by atoms with van der Waals surface area (Å²) in [5.41, 5.74) is 0.310. The number of anilines is 1.